The summed E-state index contributed by atoms with van der Waals surface area (Å²) in [7, 11) is 0. The molecule has 0 amide bonds. The smallest absolute Gasteiger partial charge is 0.153 e. The molecular formula is C7H4ClN2. The van der Waals surface area contributed by atoms with Gasteiger partial charge in [-0.05, 0) is 12.1 Å². The van der Waals surface area contributed by atoms with Crippen molar-refractivity contribution in [2.45, 2.75) is 0 Å². The first-order valence-electron chi connectivity index (χ1n) is 2.87. The minimum absolute atomic E-state index is 0.499. The van der Waals surface area contributed by atoms with Gasteiger partial charge < -0.3 is 4.98 Å². The van der Waals surface area contributed by atoms with E-state index in [-0.39, 0.29) is 0 Å². The average molecular weight is 152 g/mol. The third kappa shape index (κ3) is 0.693. The fourth-order valence-corrected chi connectivity index (χ4v) is 1.09. The predicted octanol–water partition coefficient (Wildman–Crippen LogP) is 2.02. The highest BCUT2D eigenvalue weighted by atomic mass is 35.5. The SMILES string of the molecule is Clc1nccc2c[c][nH]c12. The molecule has 0 saturated carbocycles. The molecule has 2 aromatic rings. The molecule has 0 unspecified atom stereocenters. The largest absolute Gasteiger partial charge is 0.351 e. The summed E-state index contributed by atoms with van der Waals surface area (Å²) in [5.74, 6) is 0. The third-order valence-electron chi connectivity index (χ3n) is 1.36. The van der Waals surface area contributed by atoms with Crippen LogP contribution in [0.3, 0.4) is 0 Å². The topological polar surface area (TPSA) is 28.7 Å². The molecule has 0 spiro atoms. The number of fused-ring (bicyclic) bond motifs is 1. The highest BCUT2D eigenvalue weighted by Gasteiger charge is 1.97. The maximum absolute atomic E-state index is 5.74. The van der Waals surface area contributed by atoms with Crippen LogP contribution in [-0.2, 0) is 0 Å². The van der Waals surface area contributed by atoms with E-state index in [2.05, 4.69) is 16.2 Å². The molecule has 2 heterocycles. The monoisotopic (exact) mass is 151 g/mol. The van der Waals surface area contributed by atoms with Crippen molar-refractivity contribution in [3.63, 3.8) is 0 Å². The quantitative estimate of drug-likeness (QED) is 0.574. The lowest BCUT2D eigenvalue weighted by Crippen LogP contribution is -1.74. The standard InChI is InChI=1S/C7H4ClN2/c8-7-6-5(1-3-9-6)2-4-10-7/h1-2,4,9H. The van der Waals surface area contributed by atoms with Gasteiger partial charge in [0, 0.05) is 11.6 Å². The number of pyridine rings is 1. The number of halogens is 1. The van der Waals surface area contributed by atoms with Crippen molar-refractivity contribution in [2.24, 2.45) is 0 Å². The summed E-state index contributed by atoms with van der Waals surface area (Å²) in [6.07, 6.45) is 4.50. The molecule has 0 saturated heterocycles. The van der Waals surface area contributed by atoms with Crippen LogP contribution in [0.5, 0.6) is 0 Å². The zero-order valence-electron chi connectivity index (χ0n) is 5.06. The van der Waals surface area contributed by atoms with Gasteiger partial charge >= 0.3 is 0 Å². The van der Waals surface area contributed by atoms with Crippen LogP contribution in [0.1, 0.15) is 0 Å². The molecule has 0 aliphatic rings. The third-order valence-corrected chi connectivity index (χ3v) is 1.65. The van der Waals surface area contributed by atoms with Gasteiger partial charge in [-0.2, -0.15) is 0 Å². The molecule has 0 aliphatic heterocycles. The summed E-state index contributed by atoms with van der Waals surface area (Å²) >= 11 is 5.74. The Labute approximate surface area is 62.8 Å². The summed E-state index contributed by atoms with van der Waals surface area (Å²) in [5, 5.41) is 1.54. The Morgan fingerprint density at radius 1 is 1.60 bits per heavy atom. The first kappa shape index (κ1) is 5.74. The summed E-state index contributed by atoms with van der Waals surface area (Å²) < 4.78 is 0. The summed E-state index contributed by atoms with van der Waals surface area (Å²) in [5.41, 5.74) is 0.851. The van der Waals surface area contributed by atoms with Crippen molar-refractivity contribution < 1.29 is 0 Å². The molecule has 0 fully saturated rings. The van der Waals surface area contributed by atoms with Gasteiger partial charge in [0.25, 0.3) is 0 Å². The van der Waals surface area contributed by atoms with Gasteiger partial charge in [-0.3, -0.25) is 0 Å². The zero-order chi connectivity index (χ0) is 6.97. The number of nitrogens with one attached hydrogen (secondary N) is 1. The van der Waals surface area contributed by atoms with Gasteiger partial charge in [0.05, 0.1) is 11.7 Å². The first-order valence-corrected chi connectivity index (χ1v) is 3.25. The van der Waals surface area contributed by atoms with Crippen molar-refractivity contribution in [1.29, 1.82) is 0 Å². The zero-order valence-corrected chi connectivity index (χ0v) is 5.81. The van der Waals surface area contributed by atoms with E-state index in [1.807, 2.05) is 12.1 Å². The van der Waals surface area contributed by atoms with Crippen LogP contribution in [0.25, 0.3) is 10.9 Å². The lowest BCUT2D eigenvalue weighted by Gasteiger charge is -1.89. The van der Waals surface area contributed by atoms with Crippen molar-refractivity contribution >= 4 is 22.5 Å². The number of hydrogen-bond acceptors (Lipinski definition) is 1. The second-order valence-electron chi connectivity index (χ2n) is 1.98. The molecule has 0 aliphatic carbocycles. The molecule has 2 aromatic heterocycles. The highest BCUT2D eigenvalue weighted by Crippen LogP contribution is 2.17. The van der Waals surface area contributed by atoms with E-state index < -0.39 is 0 Å². The molecule has 2 rings (SSSR count). The van der Waals surface area contributed by atoms with E-state index in [1.165, 1.54) is 0 Å². The van der Waals surface area contributed by atoms with Gasteiger partial charge in [-0.15, -0.1) is 0 Å². The molecule has 2 nitrogen and oxygen atoms in total. The second kappa shape index (κ2) is 1.99. The normalized spacial score (nSPS) is 10.5. The molecule has 0 aromatic carbocycles. The van der Waals surface area contributed by atoms with Crippen molar-refractivity contribution in [3.8, 4) is 0 Å². The number of aromatic nitrogens is 2. The Morgan fingerprint density at radius 2 is 2.50 bits per heavy atom. The summed E-state index contributed by atoms with van der Waals surface area (Å²) in [6.45, 7) is 0. The van der Waals surface area contributed by atoms with Gasteiger partial charge in [0.2, 0.25) is 0 Å². The number of hydrogen-bond donors (Lipinski definition) is 1. The predicted molar refractivity (Wildman–Crippen MR) is 39.9 cm³/mol. The van der Waals surface area contributed by atoms with Crippen LogP contribution in [-0.4, -0.2) is 9.97 Å². The molecule has 1 N–H and O–H groups in total. The van der Waals surface area contributed by atoms with E-state index in [0.717, 1.165) is 10.9 Å². The van der Waals surface area contributed by atoms with Crippen molar-refractivity contribution in [2.75, 3.05) is 0 Å². The van der Waals surface area contributed by atoms with E-state index >= 15 is 0 Å². The second-order valence-corrected chi connectivity index (χ2v) is 2.34. The van der Waals surface area contributed by atoms with Crippen LogP contribution in [0.15, 0.2) is 18.3 Å². The maximum atomic E-state index is 5.74. The summed E-state index contributed by atoms with van der Waals surface area (Å²) in [4.78, 5) is 6.76. The van der Waals surface area contributed by atoms with Crippen molar-refractivity contribution in [1.82, 2.24) is 9.97 Å². The molecule has 0 bridgehead atoms. The molecule has 10 heavy (non-hydrogen) atoms. The van der Waals surface area contributed by atoms with Gasteiger partial charge in [0.1, 0.15) is 0 Å². The van der Waals surface area contributed by atoms with Crippen LogP contribution >= 0.6 is 11.6 Å². The Kier molecular flexibility index (Phi) is 1.14. The fraction of sp³-hybridized carbons (Fsp3) is 0. The van der Waals surface area contributed by atoms with Crippen LogP contribution in [0, 0.1) is 6.20 Å². The highest BCUT2D eigenvalue weighted by molar-refractivity contribution is 6.33. The molecule has 1 radical (unpaired) electrons. The number of aromatic amines is 1. The molecule has 3 heteroatoms. The summed E-state index contributed by atoms with van der Waals surface area (Å²) in [6, 6.07) is 3.72. The molecular weight excluding hydrogens is 148 g/mol. The lowest BCUT2D eigenvalue weighted by molar-refractivity contribution is 1.34. The van der Waals surface area contributed by atoms with Crippen LogP contribution in [0.4, 0.5) is 0 Å². The van der Waals surface area contributed by atoms with E-state index in [0.29, 0.717) is 5.15 Å². The van der Waals surface area contributed by atoms with E-state index in [1.54, 1.807) is 6.20 Å². The van der Waals surface area contributed by atoms with E-state index in [4.69, 9.17) is 11.6 Å². The van der Waals surface area contributed by atoms with Crippen molar-refractivity contribution in [3.05, 3.63) is 29.7 Å². The first-order chi connectivity index (χ1) is 4.88. The van der Waals surface area contributed by atoms with Crippen LogP contribution in [0.2, 0.25) is 5.15 Å². The minimum atomic E-state index is 0.499. The number of rotatable bonds is 0. The van der Waals surface area contributed by atoms with Crippen LogP contribution < -0.4 is 0 Å². The fourth-order valence-electron chi connectivity index (χ4n) is 0.880. The Hall–Kier alpha value is -1.02. The maximum Gasteiger partial charge on any atom is 0.153 e. The van der Waals surface area contributed by atoms with Gasteiger partial charge in [-0.25, -0.2) is 4.98 Å². The molecule has 0 atom stereocenters. The average Bonchev–Trinajstić information content (AvgIpc) is 2.36. The van der Waals surface area contributed by atoms with Gasteiger partial charge in [0.15, 0.2) is 5.15 Å². The minimum Gasteiger partial charge on any atom is -0.351 e. The Balaban J connectivity index is 2.95. The van der Waals surface area contributed by atoms with E-state index in [9.17, 15) is 0 Å². The molecule has 49 valence electrons. The number of H-pyrrole nitrogens is 1. The lowest BCUT2D eigenvalue weighted by atomic mass is 10.3. The Bertz CT molecular complexity index is 353. The Morgan fingerprint density at radius 3 is 3.30 bits per heavy atom. The number of nitrogens with zero attached hydrogens (tertiary/aromatic N) is 1. The van der Waals surface area contributed by atoms with Gasteiger partial charge in [-0.1, -0.05) is 11.6 Å².